The lowest BCUT2D eigenvalue weighted by atomic mass is 10.1. The molecular formula is C22H25N3O2S. The van der Waals surface area contributed by atoms with E-state index in [-0.39, 0.29) is 5.91 Å². The topological polar surface area (TPSA) is 67.5 Å². The molecule has 1 aromatic carbocycles. The molecule has 0 aliphatic heterocycles. The number of hydrogen-bond donors (Lipinski definition) is 1. The summed E-state index contributed by atoms with van der Waals surface area (Å²) >= 11 is 1.52. The zero-order valence-electron chi connectivity index (χ0n) is 16.1. The molecule has 0 saturated carbocycles. The van der Waals surface area contributed by atoms with Gasteiger partial charge in [0.1, 0.15) is 5.76 Å². The molecule has 0 unspecified atom stereocenters. The maximum Gasteiger partial charge on any atom is 0.240 e. The minimum atomic E-state index is -0.0595. The van der Waals surface area contributed by atoms with Gasteiger partial charge in [-0.05, 0) is 42.4 Å². The zero-order chi connectivity index (χ0) is 19.6. The number of pyridine rings is 1. The molecule has 1 N–H and O–H groups in total. The largest absolute Gasteiger partial charge is 0.448 e. The quantitative estimate of drug-likeness (QED) is 0.268. The molecular weight excluding hydrogens is 370 g/mol. The number of amides is 1. The number of furan rings is 1. The molecule has 1 amide bonds. The second kappa shape index (κ2) is 10.7. The Hall–Kier alpha value is -2.60. The van der Waals surface area contributed by atoms with E-state index in [1.165, 1.54) is 37.2 Å². The van der Waals surface area contributed by atoms with Crippen molar-refractivity contribution in [1.29, 1.82) is 0 Å². The summed E-state index contributed by atoms with van der Waals surface area (Å²) in [5.41, 5.74) is 3.51. The predicted molar refractivity (Wildman–Crippen MR) is 114 cm³/mol. The molecule has 0 bridgehead atoms. The molecule has 0 fully saturated rings. The molecule has 6 heteroatoms. The average Bonchev–Trinajstić information content (AvgIpc) is 3.15. The Balaban J connectivity index is 1.50. The summed E-state index contributed by atoms with van der Waals surface area (Å²) in [7, 11) is 0. The second-order valence-corrected chi connectivity index (χ2v) is 7.59. The van der Waals surface area contributed by atoms with Crippen molar-refractivity contribution >= 4 is 34.8 Å². The lowest BCUT2D eigenvalue weighted by molar-refractivity contribution is -0.121. The van der Waals surface area contributed by atoms with Crippen LogP contribution in [-0.2, 0) is 4.79 Å². The highest BCUT2D eigenvalue weighted by atomic mass is 32.2. The monoisotopic (exact) mass is 395 g/mol. The smallest absolute Gasteiger partial charge is 0.240 e. The Kier molecular flexibility index (Phi) is 7.67. The van der Waals surface area contributed by atoms with Crippen molar-refractivity contribution in [2.45, 2.75) is 55.4 Å². The maximum atomic E-state index is 11.8. The summed E-state index contributed by atoms with van der Waals surface area (Å²) in [5, 5.41) is 5.83. The van der Waals surface area contributed by atoms with Gasteiger partial charge in [0, 0.05) is 22.9 Å². The average molecular weight is 396 g/mol. The van der Waals surface area contributed by atoms with Crippen LogP contribution in [0.5, 0.6) is 0 Å². The van der Waals surface area contributed by atoms with E-state index in [2.05, 4.69) is 22.4 Å². The van der Waals surface area contributed by atoms with E-state index in [1.54, 1.807) is 6.20 Å². The van der Waals surface area contributed by atoms with Crippen molar-refractivity contribution in [2.24, 2.45) is 5.10 Å². The molecule has 28 heavy (non-hydrogen) atoms. The fourth-order valence-corrected chi connectivity index (χ4v) is 3.74. The number of rotatable bonds is 10. The fraction of sp³-hybridized carbons (Fsp3) is 0.318. The van der Waals surface area contributed by atoms with Crippen molar-refractivity contribution in [1.82, 2.24) is 10.4 Å². The van der Waals surface area contributed by atoms with Gasteiger partial charge in [0.05, 0.1) is 11.7 Å². The molecule has 2 aromatic heterocycles. The summed E-state index contributed by atoms with van der Waals surface area (Å²) in [4.78, 5) is 17.3. The summed E-state index contributed by atoms with van der Waals surface area (Å²) in [6, 6.07) is 13.8. The lowest BCUT2D eigenvalue weighted by Gasteiger charge is -2.02. The predicted octanol–water partition coefficient (Wildman–Crippen LogP) is 5.79. The highest BCUT2D eigenvalue weighted by molar-refractivity contribution is 7.99. The number of unbranched alkanes of at least 4 members (excludes halogenated alkanes) is 4. The summed E-state index contributed by atoms with van der Waals surface area (Å²) in [6.07, 6.45) is 9.44. The van der Waals surface area contributed by atoms with Crippen LogP contribution >= 0.6 is 11.8 Å². The third kappa shape index (κ3) is 5.96. The Morgan fingerprint density at radius 3 is 2.89 bits per heavy atom. The molecule has 5 nitrogen and oxygen atoms in total. The minimum absolute atomic E-state index is 0.0595. The molecule has 0 aliphatic rings. The zero-order valence-corrected chi connectivity index (χ0v) is 16.9. The normalized spacial score (nSPS) is 11.3. The van der Waals surface area contributed by atoms with E-state index in [9.17, 15) is 4.79 Å². The standard InChI is InChI=1S/C22H25N3O2S/c1-2-3-4-5-6-12-20(26)25-24-16-18-13-14-21(27-18)28-19-11-7-9-17-10-8-15-23-22(17)19/h7-11,13-16H,2-6,12H2,1H3,(H,25,26)/b24-16-. The van der Waals surface area contributed by atoms with Crippen LogP contribution in [0.4, 0.5) is 0 Å². The first-order chi connectivity index (χ1) is 13.8. The van der Waals surface area contributed by atoms with Gasteiger partial charge < -0.3 is 4.42 Å². The van der Waals surface area contributed by atoms with Crippen LogP contribution in [0.15, 0.2) is 68.2 Å². The number of hydrazone groups is 1. The van der Waals surface area contributed by atoms with Gasteiger partial charge in [-0.15, -0.1) is 0 Å². The summed E-state index contributed by atoms with van der Waals surface area (Å²) in [5.74, 6) is 0.537. The highest BCUT2D eigenvalue weighted by Crippen LogP contribution is 2.33. The first kappa shape index (κ1) is 20.1. The maximum absolute atomic E-state index is 11.8. The van der Waals surface area contributed by atoms with Gasteiger partial charge in [-0.3, -0.25) is 9.78 Å². The van der Waals surface area contributed by atoms with Crippen molar-refractivity contribution in [2.75, 3.05) is 0 Å². The number of fused-ring (bicyclic) bond motifs is 1. The number of hydrogen-bond acceptors (Lipinski definition) is 5. The SMILES string of the molecule is CCCCCCCC(=O)N/N=C\c1ccc(Sc2cccc3cccnc23)o1. The van der Waals surface area contributed by atoms with Crippen molar-refractivity contribution in [3.8, 4) is 0 Å². The van der Waals surface area contributed by atoms with Crippen LogP contribution in [0, 0.1) is 0 Å². The lowest BCUT2D eigenvalue weighted by Crippen LogP contribution is -2.16. The van der Waals surface area contributed by atoms with Gasteiger partial charge in [-0.2, -0.15) is 5.10 Å². The van der Waals surface area contributed by atoms with E-state index in [0.29, 0.717) is 12.2 Å². The molecule has 0 aliphatic carbocycles. The van der Waals surface area contributed by atoms with Gasteiger partial charge in [-0.1, -0.05) is 50.8 Å². The number of carbonyl (C=O) groups is 1. The molecule has 3 rings (SSSR count). The van der Waals surface area contributed by atoms with Gasteiger partial charge in [0.15, 0.2) is 5.09 Å². The Morgan fingerprint density at radius 1 is 1.14 bits per heavy atom. The van der Waals surface area contributed by atoms with E-state index in [4.69, 9.17) is 4.42 Å². The number of carbonyl (C=O) groups excluding carboxylic acids is 1. The summed E-state index contributed by atoms with van der Waals surface area (Å²) in [6.45, 7) is 2.18. The molecule has 0 saturated heterocycles. The number of benzene rings is 1. The fourth-order valence-electron chi connectivity index (χ4n) is 2.84. The third-order valence-electron chi connectivity index (χ3n) is 4.30. The van der Waals surface area contributed by atoms with E-state index < -0.39 is 0 Å². The molecule has 2 heterocycles. The number of aromatic nitrogens is 1. The first-order valence-electron chi connectivity index (χ1n) is 9.69. The van der Waals surface area contributed by atoms with E-state index in [0.717, 1.165) is 33.7 Å². The number of nitrogens with one attached hydrogen (secondary N) is 1. The molecule has 146 valence electrons. The minimum Gasteiger partial charge on any atom is -0.448 e. The van der Waals surface area contributed by atoms with Crippen LogP contribution in [0.2, 0.25) is 0 Å². The Bertz CT molecular complexity index is 931. The van der Waals surface area contributed by atoms with Crippen molar-refractivity contribution < 1.29 is 9.21 Å². The molecule has 0 spiro atoms. The highest BCUT2D eigenvalue weighted by Gasteiger charge is 2.07. The Morgan fingerprint density at radius 2 is 2.00 bits per heavy atom. The molecule has 0 atom stereocenters. The van der Waals surface area contributed by atoms with E-state index >= 15 is 0 Å². The van der Waals surface area contributed by atoms with Crippen LogP contribution in [0.3, 0.4) is 0 Å². The van der Waals surface area contributed by atoms with Crippen LogP contribution < -0.4 is 5.43 Å². The summed E-state index contributed by atoms with van der Waals surface area (Å²) < 4.78 is 5.78. The molecule has 3 aromatic rings. The number of para-hydroxylation sites is 1. The van der Waals surface area contributed by atoms with Crippen LogP contribution in [0.1, 0.15) is 51.2 Å². The Labute approximate surface area is 169 Å². The van der Waals surface area contributed by atoms with Gasteiger partial charge in [0.2, 0.25) is 5.91 Å². The third-order valence-corrected chi connectivity index (χ3v) is 5.27. The van der Waals surface area contributed by atoms with Crippen LogP contribution in [0.25, 0.3) is 10.9 Å². The van der Waals surface area contributed by atoms with Gasteiger partial charge >= 0.3 is 0 Å². The van der Waals surface area contributed by atoms with Crippen molar-refractivity contribution in [3.63, 3.8) is 0 Å². The van der Waals surface area contributed by atoms with Gasteiger partial charge in [0.25, 0.3) is 0 Å². The van der Waals surface area contributed by atoms with Crippen LogP contribution in [-0.4, -0.2) is 17.1 Å². The first-order valence-corrected chi connectivity index (χ1v) is 10.5. The van der Waals surface area contributed by atoms with E-state index in [1.807, 2.05) is 42.5 Å². The number of nitrogens with zero attached hydrogens (tertiary/aromatic N) is 2. The second-order valence-electron chi connectivity index (χ2n) is 6.55. The van der Waals surface area contributed by atoms with Gasteiger partial charge in [-0.25, -0.2) is 5.43 Å². The van der Waals surface area contributed by atoms with Crippen molar-refractivity contribution in [3.05, 3.63) is 54.4 Å². The molecule has 0 radical (unpaired) electrons.